The van der Waals surface area contributed by atoms with E-state index in [0.29, 0.717) is 5.02 Å². The average molecular weight is 160 g/mol. The molecule has 10 heavy (non-hydrogen) atoms. The number of aromatic nitrogens is 1. The van der Waals surface area contributed by atoms with E-state index in [1.807, 2.05) is 0 Å². The zero-order valence-corrected chi connectivity index (χ0v) is 6.09. The smallest absolute Gasteiger partial charge is 0.256 e. The Morgan fingerprint density at radius 2 is 2.40 bits per heavy atom. The van der Waals surface area contributed by atoms with Crippen molar-refractivity contribution in [3.63, 3.8) is 0 Å². The van der Waals surface area contributed by atoms with Gasteiger partial charge in [-0.05, 0) is 0 Å². The van der Waals surface area contributed by atoms with Gasteiger partial charge in [-0.2, -0.15) is 0 Å². The van der Waals surface area contributed by atoms with Crippen LogP contribution in [0.1, 0.15) is 0 Å². The molecule has 0 amide bonds. The lowest BCUT2D eigenvalue weighted by atomic mass is 10.4. The van der Waals surface area contributed by atoms with Gasteiger partial charge < -0.3 is 9.84 Å². The maximum absolute atomic E-state index is 9.02. The van der Waals surface area contributed by atoms with Crippen LogP contribution in [-0.4, -0.2) is 17.2 Å². The predicted octanol–water partition coefficient (Wildman–Crippen LogP) is 1.45. The first-order chi connectivity index (χ1) is 4.74. The highest BCUT2D eigenvalue weighted by atomic mass is 35.5. The quantitative estimate of drug-likeness (QED) is 0.675. The van der Waals surface area contributed by atoms with Gasteiger partial charge in [0.15, 0.2) is 5.75 Å². The summed E-state index contributed by atoms with van der Waals surface area (Å²) in [4.78, 5) is 3.69. The second-order valence-electron chi connectivity index (χ2n) is 1.68. The van der Waals surface area contributed by atoms with Gasteiger partial charge in [0, 0.05) is 12.3 Å². The highest BCUT2D eigenvalue weighted by Gasteiger charge is 2.00. The van der Waals surface area contributed by atoms with Crippen LogP contribution in [0.3, 0.4) is 0 Å². The van der Waals surface area contributed by atoms with E-state index in [2.05, 4.69) is 9.72 Å². The normalized spacial score (nSPS) is 9.40. The number of hydrogen-bond donors (Lipinski definition) is 1. The Morgan fingerprint density at radius 3 is 2.90 bits per heavy atom. The molecule has 1 aromatic heterocycles. The summed E-state index contributed by atoms with van der Waals surface area (Å²) in [5, 5.41) is 9.41. The molecule has 0 aromatic carbocycles. The molecule has 1 aromatic rings. The zero-order valence-electron chi connectivity index (χ0n) is 5.34. The van der Waals surface area contributed by atoms with Crippen molar-refractivity contribution in [2.75, 3.05) is 7.11 Å². The number of nitrogens with zero attached hydrogens (tertiary/aromatic N) is 1. The Bertz CT molecular complexity index is 239. The molecule has 0 fully saturated rings. The standard InChI is InChI=1S/C6H6ClNO2/c1-10-6-5(9)2-4(7)3-8-6/h2-3,9H,1H3. The first-order valence-corrected chi connectivity index (χ1v) is 3.00. The van der Waals surface area contributed by atoms with Crippen LogP contribution in [0.2, 0.25) is 5.02 Å². The van der Waals surface area contributed by atoms with Crippen LogP contribution in [0.25, 0.3) is 0 Å². The third kappa shape index (κ3) is 1.30. The van der Waals surface area contributed by atoms with Crippen LogP contribution in [-0.2, 0) is 0 Å². The van der Waals surface area contributed by atoms with Gasteiger partial charge in [-0.15, -0.1) is 0 Å². The fourth-order valence-corrected chi connectivity index (χ4v) is 0.725. The molecule has 0 spiro atoms. The highest BCUT2D eigenvalue weighted by Crippen LogP contribution is 2.24. The van der Waals surface area contributed by atoms with Gasteiger partial charge in [-0.25, -0.2) is 4.98 Å². The number of pyridine rings is 1. The summed E-state index contributed by atoms with van der Waals surface area (Å²) in [5.41, 5.74) is 0. The number of halogens is 1. The predicted molar refractivity (Wildman–Crippen MR) is 37.5 cm³/mol. The van der Waals surface area contributed by atoms with Gasteiger partial charge >= 0.3 is 0 Å². The van der Waals surface area contributed by atoms with Crippen molar-refractivity contribution in [1.29, 1.82) is 0 Å². The molecule has 0 aliphatic heterocycles. The minimum absolute atomic E-state index is 0.0463. The topological polar surface area (TPSA) is 42.4 Å². The summed E-state index contributed by atoms with van der Waals surface area (Å²) in [7, 11) is 1.43. The highest BCUT2D eigenvalue weighted by molar-refractivity contribution is 6.30. The first kappa shape index (κ1) is 7.15. The van der Waals surface area contributed by atoms with E-state index in [4.69, 9.17) is 16.7 Å². The molecule has 3 nitrogen and oxygen atoms in total. The summed E-state index contributed by atoms with van der Waals surface area (Å²) in [6, 6.07) is 1.37. The Hall–Kier alpha value is -0.960. The molecular formula is C6H6ClNO2. The fourth-order valence-electron chi connectivity index (χ4n) is 0.573. The van der Waals surface area contributed by atoms with Crippen molar-refractivity contribution >= 4 is 11.6 Å². The monoisotopic (exact) mass is 159 g/mol. The number of hydrogen-bond acceptors (Lipinski definition) is 3. The van der Waals surface area contributed by atoms with Crippen molar-refractivity contribution in [2.45, 2.75) is 0 Å². The van der Waals surface area contributed by atoms with Crippen LogP contribution >= 0.6 is 11.6 Å². The van der Waals surface area contributed by atoms with E-state index in [9.17, 15) is 0 Å². The van der Waals surface area contributed by atoms with Gasteiger partial charge in [0.1, 0.15) is 0 Å². The lowest BCUT2D eigenvalue weighted by molar-refractivity contribution is 0.358. The number of methoxy groups -OCH3 is 1. The van der Waals surface area contributed by atoms with E-state index < -0.39 is 0 Å². The molecular weight excluding hydrogens is 154 g/mol. The van der Waals surface area contributed by atoms with Crippen molar-refractivity contribution in [1.82, 2.24) is 4.98 Å². The molecule has 1 N–H and O–H groups in total. The van der Waals surface area contributed by atoms with Gasteiger partial charge in [0.2, 0.25) is 0 Å². The molecule has 0 radical (unpaired) electrons. The molecule has 1 rings (SSSR count). The Labute approximate surface area is 63.2 Å². The number of aromatic hydroxyl groups is 1. The van der Waals surface area contributed by atoms with Crippen molar-refractivity contribution in [3.8, 4) is 11.6 Å². The van der Waals surface area contributed by atoms with Crippen molar-refractivity contribution < 1.29 is 9.84 Å². The number of ether oxygens (including phenoxy) is 1. The largest absolute Gasteiger partial charge is 0.503 e. The minimum atomic E-state index is -0.0463. The fraction of sp³-hybridized carbons (Fsp3) is 0.167. The van der Waals surface area contributed by atoms with Crippen molar-refractivity contribution in [3.05, 3.63) is 17.3 Å². The SMILES string of the molecule is COc1ncc(Cl)cc1O. The molecule has 1 heterocycles. The summed E-state index contributed by atoms with van der Waals surface area (Å²) in [6.07, 6.45) is 1.40. The van der Waals surface area contributed by atoms with E-state index in [1.54, 1.807) is 0 Å². The Balaban J connectivity index is 3.07. The Kier molecular flexibility index (Phi) is 1.97. The maximum Gasteiger partial charge on any atom is 0.256 e. The van der Waals surface area contributed by atoms with Gasteiger partial charge in [-0.3, -0.25) is 0 Å². The Morgan fingerprint density at radius 1 is 1.70 bits per heavy atom. The third-order valence-electron chi connectivity index (χ3n) is 0.992. The van der Waals surface area contributed by atoms with Gasteiger partial charge in [-0.1, -0.05) is 11.6 Å². The summed E-state index contributed by atoms with van der Waals surface area (Å²) in [5.74, 6) is 0.138. The van der Waals surface area contributed by atoms with Crippen LogP contribution in [0.5, 0.6) is 11.6 Å². The van der Waals surface area contributed by atoms with Gasteiger partial charge in [0.25, 0.3) is 5.88 Å². The minimum Gasteiger partial charge on any atom is -0.503 e. The summed E-state index contributed by atoms with van der Waals surface area (Å²) < 4.78 is 4.68. The average Bonchev–Trinajstić information content (AvgIpc) is 1.88. The van der Waals surface area contributed by atoms with E-state index in [1.165, 1.54) is 19.4 Å². The van der Waals surface area contributed by atoms with Gasteiger partial charge in [0.05, 0.1) is 12.1 Å². The van der Waals surface area contributed by atoms with Crippen LogP contribution in [0.4, 0.5) is 0 Å². The molecule has 0 aliphatic carbocycles. The van der Waals surface area contributed by atoms with Crippen LogP contribution in [0, 0.1) is 0 Å². The second-order valence-corrected chi connectivity index (χ2v) is 2.12. The first-order valence-electron chi connectivity index (χ1n) is 2.62. The van der Waals surface area contributed by atoms with Crippen molar-refractivity contribution in [2.24, 2.45) is 0 Å². The molecule has 0 aliphatic rings. The molecule has 0 saturated carbocycles. The van der Waals surface area contributed by atoms with Crippen LogP contribution < -0.4 is 4.74 Å². The molecule has 0 unspecified atom stereocenters. The van der Waals surface area contributed by atoms with Crippen LogP contribution in [0.15, 0.2) is 12.3 Å². The maximum atomic E-state index is 9.02. The van der Waals surface area contributed by atoms with E-state index >= 15 is 0 Å². The van der Waals surface area contributed by atoms with E-state index in [0.717, 1.165) is 0 Å². The zero-order chi connectivity index (χ0) is 7.56. The molecule has 0 saturated heterocycles. The second kappa shape index (κ2) is 2.75. The third-order valence-corrected chi connectivity index (χ3v) is 1.20. The molecule has 0 atom stereocenters. The lowest BCUT2D eigenvalue weighted by Gasteiger charge is -1.99. The summed E-state index contributed by atoms with van der Waals surface area (Å²) >= 11 is 5.50. The molecule has 4 heteroatoms. The molecule has 0 bridgehead atoms. The van der Waals surface area contributed by atoms with E-state index in [-0.39, 0.29) is 11.6 Å². The summed E-state index contributed by atoms with van der Waals surface area (Å²) in [6.45, 7) is 0. The molecule has 54 valence electrons. The lowest BCUT2D eigenvalue weighted by Crippen LogP contribution is -1.86. The number of rotatable bonds is 1.